The highest BCUT2D eigenvalue weighted by atomic mass is 16.2. The molecule has 130 valence electrons. The lowest BCUT2D eigenvalue weighted by Gasteiger charge is -2.17. The summed E-state index contributed by atoms with van der Waals surface area (Å²) < 4.78 is 1.48. The number of aromatic nitrogens is 4. The van der Waals surface area contributed by atoms with E-state index >= 15 is 0 Å². The van der Waals surface area contributed by atoms with Gasteiger partial charge in [-0.15, -0.1) is 0 Å². The lowest BCUT2D eigenvalue weighted by Crippen LogP contribution is -2.28. The molecule has 0 saturated carbocycles. The minimum absolute atomic E-state index is 0.0564. The molecule has 26 heavy (non-hydrogen) atoms. The highest BCUT2D eigenvalue weighted by Crippen LogP contribution is 2.26. The van der Waals surface area contributed by atoms with Crippen LogP contribution in [0.5, 0.6) is 0 Å². The monoisotopic (exact) mass is 348 g/mol. The summed E-state index contributed by atoms with van der Waals surface area (Å²) in [6.45, 7) is 0.355. The average Bonchev–Trinajstić information content (AvgIpc) is 3.33. The van der Waals surface area contributed by atoms with E-state index in [2.05, 4.69) is 20.4 Å². The smallest absolute Gasteiger partial charge is 0.229 e. The summed E-state index contributed by atoms with van der Waals surface area (Å²) in [5.41, 5.74) is 1.33. The number of nitrogens with one attached hydrogen (secondary N) is 1. The number of para-hydroxylation sites is 1. The zero-order valence-electron chi connectivity index (χ0n) is 13.8. The second-order valence-electron chi connectivity index (χ2n) is 5.94. The molecule has 1 saturated heterocycles. The van der Waals surface area contributed by atoms with Crippen LogP contribution in [0.4, 0.5) is 11.4 Å². The Kier molecular flexibility index (Phi) is 4.14. The molecular weight excluding hydrogens is 332 g/mol. The van der Waals surface area contributed by atoms with E-state index < -0.39 is 5.92 Å². The summed E-state index contributed by atoms with van der Waals surface area (Å²) in [4.78, 5) is 34.8. The van der Waals surface area contributed by atoms with Gasteiger partial charge in [-0.3, -0.25) is 9.59 Å². The normalized spacial score (nSPS) is 16.7. The van der Waals surface area contributed by atoms with Crippen LogP contribution in [0.2, 0.25) is 0 Å². The number of carbonyl (C=O) groups excluding carboxylic acids is 2. The number of hydrogen-bond donors (Lipinski definition) is 1. The Balaban J connectivity index is 1.51. The molecule has 1 aliphatic rings. The highest BCUT2D eigenvalue weighted by Gasteiger charge is 2.35. The first kappa shape index (κ1) is 15.9. The van der Waals surface area contributed by atoms with Crippen LogP contribution in [-0.2, 0) is 9.59 Å². The molecule has 0 unspecified atom stereocenters. The molecule has 3 heterocycles. The number of anilines is 2. The van der Waals surface area contributed by atoms with E-state index in [9.17, 15) is 9.59 Å². The largest absolute Gasteiger partial charge is 0.323 e. The van der Waals surface area contributed by atoms with Gasteiger partial charge in [0.05, 0.1) is 11.6 Å². The van der Waals surface area contributed by atoms with E-state index in [1.54, 1.807) is 23.2 Å². The predicted molar refractivity (Wildman–Crippen MR) is 94.7 cm³/mol. The molecule has 2 aromatic heterocycles. The number of benzene rings is 1. The fourth-order valence-electron chi connectivity index (χ4n) is 2.97. The fraction of sp³-hybridized carbons (Fsp3) is 0.167. The van der Waals surface area contributed by atoms with Crippen LogP contribution < -0.4 is 10.2 Å². The predicted octanol–water partition coefficient (Wildman–Crippen LogP) is 1.65. The number of carbonyl (C=O) groups is 2. The number of rotatable bonds is 4. The number of amides is 2. The first-order chi connectivity index (χ1) is 12.7. The van der Waals surface area contributed by atoms with Crippen LogP contribution in [0.15, 0.2) is 61.3 Å². The summed E-state index contributed by atoms with van der Waals surface area (Å²) in [5.74, 6) is -0.223. The molecule has 8 nitrogen and oxygen atoms in total. The van der Waals surface area contributed by atoms with Gasteiger partial charge in [0.1, 0.15) is 12.7 Å². The summed E-state index contributed by atoms with van der Waals surface area (Å²) in [7, 11) is 0. The lowest BCUT2D eigenvalue weighted by molar-refractivity contribution is -0.122. The zero-order chi connectivity index (χ0) is 17.9. The third-order valence-corrected chi connectivity index (χ3v) is 4.24. The Labute approximate surface area is 149 Å². The number of hydrogen-bond acceptors (Lipinski definition) is 5. The molecule has 0 aliphatic carbocycles. The number of pyridine rings is 1. The van der Waals surface area contributed by atoms with Crippen molar-refractivity contribution in [3.8, 4) is 5.82 Å². The molecule has 0 bridgehead atoms. The van der Waals surface area contributed by atoms with Crippen molar-refractivity contribution in [1.29, 1.82) is 0 Å². The molecule has 1 aliphatic heterocycles. The SMILES string of the molecule is O=C(Nc1cccnc1-n1cncn1)[C@@H]1CC(=O)N(c2ccccc2)C1. The first-order valence-corrected chi connectivity index (χ1v) is 8.18. The highest BCUT2D eigenvalue weighted by molar-refractivity contribution is 6.03. The van der Waals surface area contributed by atoms with Gasteiger partial charge in [-0.1, -0.05) is 18.2 Å². The maximum atomic E-state index is 12.7. The van der Waals surface area contributed by atoms with Gasteiger partial charge in [0.15, 0.2) is 5.82 Å². The molecule has 4 rings (SSSR count). The molecule has 1 N–H and O–H groups in total. The van der Waals surface area contributed by atoms with E-state index in [1.165, 1.54) is 17.3 Å². The molecule has 1 atom stereocenters. The van der Waals surface area contributed by atoms with Crippen molar-refractivity contribution < 1.29 is 9.59 Å². The Bertz CT molecular complexity index is 926. The average molecular weight is 348 g/mol. The minimum atomic E-state index is -0.425. The third-order valence-electron chi connectivity index (χ3n) is 4.24. The maximum absolute atomic E-state index is 12.7. The van der Waals surface area contributed by atoms with Gasteiger partial charge in [-0.25, -0.2) is 14.6 Å². The van der Waals surface area contributed by atoms with E-state index in [-0.39, 0.29) is 18.2 Å². The maximum Gasteiger partial charge on any atom is 0.229 e. The van der Waals surface area contributed by atoms with Gasteiger partial charge in [-0.05, 0) is 24.3 Å². The molecule has 1 fully saturated rings. The summed E-state index contributed by atoms with van der Waals surface area (Å²) in [5, 5.41) is 6.91. The van der Waals surface area contributed by atoms with Crippen molar-refractivity contribution in [3.05, 3.63) is 61.3 Å². The van der Waals surface area contributed by atoms with Crippen LogP contribution >= 0.6 is 0 Å². The summed E-state index contributed by atoms with van der Waals surface area (Å²) >= 11 is 0. The van der Waals surface area contributed by atoms with Crippen molar-refractivity contribution in [2.45, 2.75) is 6.42 Å². The van der Waals surface area contributed by atoms with Crippen molar-refractivity contribution in [1.82, 2.24) is 19.7 Å². The van der Waals surface area contributed by atoms with Gasteiger partial charge in [0.25, 0.3) is 0 Å². The van der Waals surface area contributed by atoms with E-state index in [0.29, 0.717) is 18.1 Å². The van der Waals surface area contributed by atoms with Gasteiger partial charge in [-0.2, -0.15) is 5.10 Å². The Morgan fingerprint density at radius 1 is 1.15 bits per heavy atom. The van der Waals surface area contributed by atoms with Crippen LogP contribution in [0, 0.1) is 5.92 Å². The van der Waals surface area contributed by atoms with Crippen LogP contribution in [0.25, 0.3) is 5.82 Å². The molecule has 0 radical (unpaired) electrons. The standard InChI is InChI=1S/C18H16N6O2/c25-16-9-13(10-23(16)14-5-2-1-3-6-14)18(26)22-15-7-4-8-20-17(15)24-12-19-11-21-24/h1-8,11-13H,9-10H2,(H,22,26)/t13-/m1/s1. The second kappa shape index (κ2) is 6.75. The van der Waals surface area contributed by atoms with Gasteiger partial charge in [0.2, 0.25) is 11.8 Å². The van der Waals surface area contributed by atoms with Gasteiger partial charge in [0, 0.05) is 24.8 Å². The van der Waals surface area contributed by atoms with E-state index in [4.69, 9.17) is 0 Å². The van der Waals surface area contributed by atoms with Gasteiger partial charge < -0.3 is 10.2 Å². The molecule has 0 spiro atoms. The van der Waals surface area contributed by atoms with Crippen molar-refractivity contribution in [2.24, 2.45) is 5.92 Å². The number of nitrogens with zero attached hydrogens (tertiary/aromatic N) is 5. The van der Waals surface area contributed by atoms with Crippen LogP contribution in [-0.4, -0.2) is 38.1 Å². The Hall–Kier alpha value is -3.55. The van der Waals surface area contributed by atoms with Crippen LogP contribution in [0.3, 0.4) is 0 Å². The Morgan fingerprint density at radius 2 is 2.00 bits per heavy atom. The van der Waals surface area contributed by atoms with E-state index in [1.807, 2.05) is 30.3 Å². The third kappa shape index (κ3) is 3.04. The van der Waals surface area contributed by atoms with Crippen molar-refractivity contribution in [3.63, 3.8) is 0 Å². The van der Waals surface area contributed by atoms with Crippen molar-refractivity contribution >= 4 is 23.2 Å². The van der Waals surface area contributed by atoms with Crippen LogP contribution in [0.1, 0.15) is 6.42 Å². The second-order valence-corrected chi connectivity index (χ2v) is 5.94. The zero-order valence-corrected chi connectivity index (χ0v) is 13.8. The molecule has 1 aromatic carbocycles. The molecular formula is C18H16N6O2. The van der Waals surface area contributed by atoms with E-state index in [0.717, 1.165) is 5.69 Å². The van der Waals surface area contributed by atoms with Crippen molar-refractivity contribution in [2.75, 3.05) is 16.8 Å². The Morgan fingerprint density at radius 3 is 2.77 bits per heavy atom. The first-order valence-electron chi connectivity index (χ1n) is 8.18. The molecule has 3 aromatic rings. The summed E-state index contributed by atoms with van der Waals surface area (Å²) in [6.07, 6.45) is 4.70. The van der Waals surface area contributed by atoms with Gasteiger partial charge >= 0.3 is 0 Å². The topological polar surface area (TPSA) is 93.0 Å². The fourth-order valence-corrected chi connectivity index (χ4v) is 2.97. The molecule has 2 amide bonds. The molecule has 8 heteroatoms. The minimum Gasteiger partial charge on any atom is -0.323 e. The lowest BCUT2D eigenvalue weighted by atomic mass is 10.1. The summed E-state index contributed by atoms with van der Waals surface area (Å²) in [6, 6.07) is 12.8. The quantitative estimate of drug-likeness (QED) is 0.774.